The topological polar surface area (TPSA) is 29.3 Å². The van der Waals surface area contributed by atoms with Crippen LogP contribution in [0.4, 0.5) is 8.78 Å². The van der Waals surface area contributed by atoms with Crippen molar-refractivity contribution >= 4 is 0 Å². The summed E-state index contributed by atoms with van der Waals surface area (Å²) < 4.78 is 29.0. The molecule has 1 aliphatic heterocycles. The van der Waals surface area contributed by atoms with Gasteiger partial charge in [0.05, 0.1) is 5.54 Å². The Balaban J connectivity index is 1.80. The summed E-state index contributed by atoms with van der Waals surface area (Å²) in [6, 6.07) is 10.0. The van der Waals surface area contributed by atoms with Crippen LogP contribution in [0.1, 0.15) is 31.2 Å². The highest BCUT2D eigenvalue weighted by Crippen LogP contribution is 2.46. The molecule has 1 aromatic rings. The number of benzene rings is 1. The number of rotatable bonds is 2. The van der Waals surface area contributed by atoms with Crippen molar-refractivity contribution in [1.29, 1.82) is 0 Å². The number of piperidine rings is 1. The van der Waals surface area contributed by atoms with Crippen LogP contribution in [0.3, 0.4) is 0 Å². The van der Waals surface area contributed by atoms with Crippen LogP contribution in [0.5, 0.6) is 0 Å². The van der Waals surface area contributed by atoms with Crippen LogP contribution < -0.4 is 5.73 Å². The van der Waals surface area contributed by atoms with Crippen molar-refractivity contribution in [3.8, 4) is 0 Å². The first-order chi connectivity index (χ1) is 9.51. The minimum atomic E-state index is -2.73. The van der Waals surface area contributed by atoms with E-state index in [0.29, 0.717) is 32.5 Å². The maximum absolute atomic E-state index is 14.5. The van der Waals surface area contributed by atoms with Gasteiger partial charge in [-0.2, -0.15) is 0 Å². The summed E-state index contributed by atoms with van der Waals surface area (Å²) in [6.45, 7) is 1.47. The second-order valence-corrected chi connectivity index (χ2v) is 6.38. The third kappa shape index (κ3) is 2.35. The lowest BCUT2D eigenvalue weighted by molar-refractivity contribution is -0.162. The van der Waals surface area contributed by atoms with Gasteiger partial charge in [0.15, 0.2) is 0 Å². The number of likely N-dealkylation sites (tertiary alicyclic amines) is 1. The van der Waals surface area contributed by atoms with Crippen LogP contribution in [0.15, 0.2) is 30.3 Å². The second kappa shape index (κ2) is 5.08. The fourth-order valence-corrected chi connectivity index (χ4v) is 3.71. The normalized spacial score (nSPS) is 33.6. The van der Waals surface area contributed by atoms with Crippen molar-refractivity contribution in [3.05, 3.63) is 35.9 Å². The molecule has 2 unspecified atom stereocenters. The molecule has 0 amide bonds. The van der Waals surface area contributed by atoms with Crippen molar-refractivity contribution in [1.82, 2.24) is 4.90 Å². The lowest BCUT2D eigenvalue weighted by Crippen LogP contribution is -2.69. The van der Waals surface area contributed by atoms with Gasteiger partial charge in [-0.3, -0.25) is 4.90 Å². The molecule has 2 atom stereocenters. The van der Waals surface area contributed by atoms with Gasteiger partial charge in [-0.05, 0) is 18.4 Å². The van der Waals surface area contributed by atoms with E-state index in [4.69, 9.17) is 5.73 Å². The molecule has 2 fully saturated rings. The van der Waals surface area contributed by atoms with Crippen molar-refractivity contribution in [2.45, 2.75) is 43.7 Å². The average Bonchev–Trinajstić information content (AvgIpc) is 2.49. The molecule has 0 aromatic heterocycles. The Bertz CT molecular complexity index is 463. The van der Waals surface area contributed by atoms with Crippen LogP contribution in [0.25, 0.3) is 0 Å². The van der Waals surface area contributed by atoms with Crippen LogP contribution >= 0.6 is 0 Å². The van der Waals surface area contributed by atoms with Gasteiger partial charge in [0.25, 0.3) is 5.92 Å². The van der Waals surface area contributed by atoms with Gasteiger partial charge >= 0.3 is 0 Å². The molecule has 1 saturated heterocycles. The van der Waals surface area contributed by atoms with E-state index in [1.807, 2.05) is 30.3 Å². The van der Waals surface area contributed by atoms with Crippen LogP contribution in [0.2, 0.25) is 0 Å². The zero-order valence-electron chi connectivity index (χ0n) is 11.7. The van der Waals surface area contributed by atoms with Gasteiger partial charge in [0, 0.05) is 25.6 Å². The predicted molar refractivity (Wildman–Crippen MR) is 75.5 cm³/mol. The fourth-order valence-electron chi connectivity index (χ4n) is 3.71. The Morgan fingerprint density at radius 1 is 1.20 bits per heavy atom. The van der Waals surface area contributed by atoms with Crippen molar-refractivity contribution in [2.75, 3.05) is 13.1 Å². The van der Waals surface area contributed by atoms with Crippen LogP contribution in [0, 0.1) is 5.92 Å². The van der Waals surface area contributed by atoms with E-state index in [0.717, 1.165) is 18.4 Å². The van der Waals surface area contributed by atoms with Crippen molar-refractivity contribution in [2.24, 2.45) is 11.7 Å². The molecule has 2 N–H and O–H groups in total. The van der Waals surface area contributed by atoms with Gasteiger partial charge in [-0.1, -0.05) is 43.2 Å². The highest BCUT2D eigenvalue weighted by Gasteiger charge is 2.59. The average molecular weight is 280 g/mol. The molecule has 2 nitrogen and oxygen atoms in total. The first kappa shape index (κ1) is 14.0. The standard InChI is InChI=1S/C16H22F2N2/c17-16(18)14-8-4-5-9-15(16,19)12-20(11-14)10-13-6-2-1-3-7-13/h1-3,6-7,14H,4-5,8-12,19H2. The van der Waals surface area contributed by atoms with Crippen LogP contribution in [-0.2, 0) is 6.54 Å². The van der Waals surface area contributed by atoms with E-state index in [1.165, 1.54) is 0 Å². The molecule has 2 aliphatic rings. The molecule has 1 aliphatic carbocycles. The number of hydrogen-bond acceptors (Lipinski definition) is 2. The number of nitrogens with two attached hydrogens (primary N) is 1. The van der Waals surface area contributed by atoms with E-state index < -0.39 is 17.4 Å². The van der Waals surface area contributed by atoms with E-state index in [-0.39, 0.29) is 0 Å². The number of halogens is 2. The lowest BCUT2D eigenvalue weighted by Gasteiger charge is -2.48. The lowest BCUT2D eigenvalue weighted by atomic mass is 9.78. The Kier molecular flexibility index (Phi) is 3.55. The number of fused-ring (bicyclic) bond motifs is 2. The number of alkyl halides is 2. The van der Waals surface area contributed by atoms with Gasteiger partial charge in [-0.15, -0.1) is 0 Å². The highest BCUT2D eigenvalue weighted by molar-refractivity contribution is 5.16. The zero-order valence-corrected chi connectivity index (χ0v) is 11.7. The fraction of sp³-hybridized carbons (Fsp3) is 0.625. The zero-order chi connectivity index (χ0) is 14.2. The second-order valence-electron chi connectivity index (χ2n) is 6.38. The Morgan fingerprint density at radius 2 is 1.95 bits per heavy atom. The maximum atomic E-state index is 14.5. The quantitative estimate of drug-likeness (QED) is 0.902. The van der Waals surface area contributed by atoms with Gasteiger partial charge in [-0.25, -0.2) is 8.78 Å². The molecule has 3 rings (SSSR count). The van der Waals surface area contributed by atoms with Crippen molar-refractivity contribution in [3.63, 3.8) is 0 Å². The van der Waals surface area contributed by atoms with E-state index >= 15 is 0 Å². The molecular formula is C16H22F2N2. The molecule has 4 heteroatoms. The van der Waals surface area contributed by atoms with Gasteiger partial charge < -0.3 is 5.73 Å². The summed E-state index contributed by atoms with van der Waals surface area (Å²) in [4.78, 5) is 2.11. The third-order valence-corrected chi connectivity index (χ3v) is 4.84. The first-order valence-corrected chi connectivity index (χ1v) is 7.44. The predicted octanol–water partition coefficient (Wildman–Crippen LogP) is 3.03. The summed E-state index contributed by atoms with van der Waals surface area (Å²) in [5.74, 6) is -3.32. The minimum absolute atomic E-state index is 0.297. The molecule has 1 heterocycles. The Labute approximate surface area is 118 Å². The SMILES string of the molecule is NC12CCCCC(CN(Cc3ccccc3)C1)C2(F)F. The highest BCUT2D eigenvalue weighted by atomic mass is 19.3. The molecule has 2 bridgehead atoms. The summed E-state index contributed by atoms with van der Waals surface area (Å²) in [7, 11) is 0. The molecular weight excluding hydrogens is 258 g/mol. The molecule has 1 aromatic carbocycles. The monoisotopic (exact) mass is 280 g/mol. The van der Waals surface area contributed by atoms with Crippen molar-refractivity contribution < 1.29 is 8.78 Å². The maximum Gasteiger partial charge on any atom is 0.270 e. The van der Waals surface area contributed by atoms with E-state index in [9.17, 15) is 8.78 Å². The summed E-state index contributed by atoms with van der Waals surface area (Å²) in [5.41, 5.74) is 5.95. The van der Waals surface area contributed by atoms with E-state index in [1.54, 1.807) is 0 Å². The molecule has 1 saturated carbocycles. The smallest absolute Gasteiger partial charge is 0.270 e. The molecule has 20 heavy (non-hydrogen) atoms. The summed E-state index contributed by atoms with van der Waals surface area (Å²) in [6.07, 6.45) is 2.72. The molecule has 0 spiro atoms. The first-order valence-electron chi connectivity index (χ1n) is 7.44. The molecule has 0 radical (unpaired) electrons. The minimum Gasteiger partial charge on any atom is -0.319 e. The summed E-state index contributed by atoms with van der Waals surface area (Å²) in [5, 5.41) is 0. The Hall–Kier alpha value is -1.00. The molecule has 110 valence electrons. The van der Waals surface area contributed by atoms with E-state index in [2.05, 4.69) is 4.90 Å². The van der Waals surface area contributed by atoms with Gasteiger partial charge in [0.2, 0.25) is 0 Å². The Morgan fingerprint density at radius 3 is 2.70 bits per heavy atom. The summed E-state index contributed by atoms with van der Waals surface area (Å²) >= 11 is 0. The number of nitrogens with zero attached hydrogens (tertiary/aromatic N) is 1. The largest absolute Gasteiger partial charge is 0.319 e. The third-order valence-electron chi connectivity index (χ3n) is 4.84. The van der Waals surface area contributed by atoms with Crippen LogP contribution in [-0.4, -0.2) is 29.5 Å². The van der Waals surface area contributed by atoms with Gasteiger partial charge in [0.1, 0.15) is 0 Å². The number of hydrogen-bond donors (Lipinski definition) is 1.